The SMILES string of the molecule is CCNC(=O)CN(C)Cc1ccnc(CN)c1. The molecule has 0 bridgehead atoms. The van der Waals surface area contributed by atoms with Gasteiger partial charge in [-0.25, -0.2) is 0 Å². The minimum atomic E-state index is 0.0445. The number of nitrogens with zero attached hydrogens (tertiary/aromatic N) is 2. The van der Waals surface area contributed by atoms with Gasteiger partial charge in [-0.2, -0.15) is 0 Å². The predicted molar refractivity (Wildman–Crippen MR) is 67.1 cm³/mol. The Kier molecular flexibility index (Phi) is 5.59. The average molecular weight is 236 g/mol. The van der Waals surface area contributed by atoms with Gasteiger partial charge in [0.1, 0.15) is 0 Å². The summed E-state index contributed by atoms with van der Waals surface area (Å²) in [7, 11) is 1.91. The smallest absolute Gasteiger partial charge is 0.234 e. The van der Waals surface area contributed by atoms with Crippen LogP contribution in [0.15, 0.2) is 18.3 Å². The highest BCUT2D eigenvalue weighted by molar-refractivity contribution is 5.77. The Balaban J connectivity index is 2.49. The van der Waals surface area contributed by atoms with E-state index in [0.29, 0.717) is 26.2 Å². The van der Waals surface area contributed by atoms with Crippen LogP contribution in [0.1, 0.15) is 18.2 Å². The van der Waals surface area contributed by atoms with Crippen molar-refractivity contribution in [2.24, 2.45) is 5.73 Å². The standard InChI is InChI=1S/C12H20N4O/c1-3-14-12(17)9-16(2)8-10-4-5-15-11(6-10)7-13/h4-6H,3,7-9,13H2,1-2H3,(H,14,17). The van der Waals surface area contributed by atoms with E-state index in [1.807, 2.05) is 31.0 Å². The number of likely N-dealkylation sites (N-methyl/N-ethyl adjacent to an activating group) is 2. The Bertz CT molecular complexity index is 367. The minimum absolute atomic E-state index is 0.0445. The minimum Gasteiger partial charge on any atom is -0.355 e. The van der Waals surface area contributed by atoms with Crippen molar-refractivity contribution >= 4 is 5.91 Å². The first-order valence-electron chi connectivity index (χ1n) is 5.74. The van der Waals surface area contributed by atoms with E-state index in [1.165, 1.54) is 0 Å². The van der Waals surface area contributed by atoms with Gasteiger partial charge in [0.15, 0.2) is 0 Å². The highest BCUT2D eigenvalue weighted by Gasteiger charge is 2.06. The predicted octanol–water partition coefficient (Wildman–Crippen LogP) is 0.108. The maximum absolute atomic E-state index is 11.4. The van der Waals surface area contributed by atoms with E-state index in [1.54, 1.807) is 6.20 Å². The number of rotatable bonds is 6. The zero-order valence-corrected chi connectivity index (χ0v) is 10.4. The van der Waals surface area contributed by atoms with Crippen LogP contribution in [0.3, 0.4) is 0 Å². The molecule has 0 unspecified atom stereocenters. The summed E-state index contributed by atoms with van der Waals surface area (Å²) in [5, 5.41) is 2.77. The van der Waals surface area contributed by atoms with Crippen molar-refractivity contribution < 1.29 is 4.79 Å². The second-order valence-corrected chi connectivity index (χ2v) is 3.99. The molecule has 0 spiro atoms. The largest absolute Gasteiger partial charge is 0.355 e. The van der Waals surface area contributed by atoms with Gasteiger partial charge in [-0.1, -0.05) is 0 Å². The molecule has 1 rings (SSSR count). The zero-order valence-electron chi connectivity index (χ0n) is 10.4. The quantitative estimate of drug-likeness (QED) is 0.735. The lowest BCUT2D eigenvalue weighted by molar-refractivity contribution is -0.121. The van der Waals surface area contributed by atoms with E-state index >= 15 is 0 Å². The van der Waals surface area contributed by atoms with Crippen LogP contribution in [0.4, 0.5) is 0 Å². The third kappa shape index (κ3) is 4.93. The van der Waals surface area contributed by atoms with Gasteiger partial charge < -0.3 is 11.1 Å². The lowest BCUT2D eigenvalue weighted by Gasteiger charge is -2.16. The molecule has 0 aliphatic rings. The van der Waals surface area contributed by atoms with Gasteiger partial charge in [0.05, 0.1) is 12.2 Å². The Labute approximate surface area is 102 Å². The molecule has 3 N–H and O–H groups in total. The number of pyridine rings is 1. The van der Waals surface area contributed by atoms with Crippen LogP contribution in [-0.4, -0.2) is 35.9 Å². The van der Waals surface area contributed by atoms with Crippen molar-refractivity contribution in [3.63, 3.8) is 0 Å². The third-order valence-electron chi connectivity index (χ3n) is 2.33. The van der Waals surface area contributed by atoms with Gasteiger partial charge in [-0.3, -0.25) is 14.7 Å². The maximum atomic E-state index is 11.4. The zero-order chi connectivity index (χ0) is 12.7. The van der Waals surface area contributed by atoms with Gasteiger partial charge in [0, 0.05) is 25.8 Å². The van der Waals surface area contributed by atoms with E-state index < -0.39 is 0 Å². The van der Waals surface area contributed by atoms with E-state index in [0.717, 1.165) is 11.3 Å². The Morgan fingerprint density at radius 1 is 1.59 bits per heavy atom. The first-order valence-corrected chi connectivity index (χ1v) is 5.74. The average Bonchev–Trinajstić information content (AvgIpc) is 2.29. The number of amides is 1. The Hall–Kier alpha value is -1.46. The van der Waals surface area contributed by atoms with Crippen LogP contribution in [0.25, 0.3) is 0 Å². The van der Waals surface area contributed by atoms with Gasteiger partial charge >= 0.3 is 0 Å². The molecule has 17 heavy (non-hydrogen) atoms. The fourth-order valence-electron chi connectivity index (χ4n) is 1.60. The number of nitrogens with one attached hydrogen (secondary N) is 1. The molecule has 1 amide bonds. The summed E-state index contributed by atoms with van der Waals surface area (Å²) in [6.45, 7) is 4.13. The molecular weight excluding hydrogens is 216 g/mol. The normalized spacial score (nSPS) is 10.6. The summed E-state index contributed by atoms with van der Waals surface area (Å²) in [5.74, 6) is 0.0445. The molecule has 5 nitrogen and oxygen atoms in total. The summed E-state index contributed by atoms with van der Waals surface area (Å²) >= 11 is 0. The highest BCUT2D eigenvalue weighted by Crippen LogP contribution is 2.04. The number of hydrogen-bond acceptors (Lipinski definition) is 4. The lowest BCUT2D eigenvalue weighted by atomic mass is 10.2. The fourth-order valence-corrected chi connectivity index (χ4v) is 1.60. The fraction of sp³-hybridized carbons (Fsp3) is 0.500. The van der Waals surface area contributed by atoms with Crippen molar-refractivity contribution in [2.45, 2.75) is 20.0 Å². The second kappa shape index (κ2) is 6.98. The van der Waals surface area contributed by atoms with E-state index in [-0.39, 0.29) is 5.91 Å². The third-order valence-corrected chi connectivity index (χ3v) is 2.33. The maximum Gasteiger partial charge on any atom is 0.234 e. The highest BCUT2D eigenvalue weighted by atomic mass is 16.1. The molecule has 5 heteroatoms. The summed E-state index contributed by atoms with van der Waals surface area (Å²) < 4.78 is 0. The summed E-state index contributed by atoms with van der Waals surface area (Å²) in [6, 6.07) is 3.90. The Morgan fingerprint density at radius 2 is 2.35 bits per heavy atom. The number of hydrogen-bond donors (Lipinski definition) is 2. The van der Waals surface area contributed by atoms with Gasteiger partial charge in [0.2, 0.25) is 5.91 Å². The number of aromatic nitrogens is 1. The van der Waals surface area contributed by atoms with Crippen LogP contribution in [0, 0.1) is 0 Å². The molecule has 1 aromatic rings. The molecule has 0 aliphatic carbocycles. The van der Waals surface area contributed by atoms with Crippen LogP contribution < -0.4 is 11.1 Å². The van der Waals surface area contributed by atoms with Gasteiger partial charge in [-0.15, -0.1) is 0 Å². The van der Waals surface area contributed by atoms with E-state index in [4.69, 9.17) is 5.73 Å². The Morgan fingerprint density at radius 3 is 3.00 bits per heavy atom. The summed E-state index contributed by atoms with van der Waals surface area (Å²) in [4.78, 5) is 17.5. The topological polar surface area (TPSA) is 71.2 Å². The van der Waals surface area contributed by atoms with Crippen molar-refractivity contribution in [1.82, 2.24) is 15.2 Å². The number of nitrogens with two attached hydrogens (primary N) is 1. The molecule has 0 aliphatic heterocycles. The van der Waals surface area contributed by atoms with Crippen molar-refractivity contribution in [1.29, 1.82) is 0 Å². The number of carbonyl (C=O) groups excluding carboxylic acids is 1. The summed E-state index contributed by atoms with van der Waals surface area (Å²) in [6.07, 6.45) is 1.75. The molecule has 0 saturated carbocycles. The first kappa shape index (κ1) is 13.6. The molecule has 0 radical (unpaired) electrons. The van der Waals surface area contributed by atoms with Crippen molar-refractivity contribution in [3.8, 4) is 0 Å². The van der Waals surface area contributed by atoms with Crippen molar-refractivity contribution in [3.05, 3.63) is 29.6 Å². The lowest BCUT2D eigenvalue weighted by Crippen LogP contribution is -2.34. The number of carbonyl (C=O) groups is 1. The van der Waals surface area contributed by atoms with E-state index in [9.17, 15) is 4.79 Å². The van der Waals surface area contributed by atoms with E-state index in [2.05, 4.69) is 10.3 Å². The molecular formula is C12H20N4O. The van der Waals surface area contributed by atoms with Gasteiger partial charge in [0.25, 0.3) is 0 Å². The van der Waals surface area contributed by atoms with Crippen LogP contribution in [-0.2, 0) is 17.9 Å². The van der Waals surface area contributed by atoms with Crippen LogP contribution in [0.5, 0.6) is 0 Å². The second-order valence-electron chi connectivity index (χ2n) is 3.99. The van der Waals surface area contributed by atoms with Crippen molar-refractivity contribution in [2.75, 3.05) is 20.1 Å². The molecule has 1 heterocycles. The van der Waals surface area contributed by atoms with Crippen LogP contribution >= 0.6 is 0 Å². The molecule has 1 aromatic heterocycles. The monoisotopic (exact) mass is 236 g/mol. The molecule has 94 valence electrons. The van der Waals surface area contributed by atoms with Gasteiger partial charge in [-0.05, 0) is 31.7 Å². The molecule has 0 fully saturated rings. The first-order chi connectivity index (χ1) is 8.15. The molecule has 0 aromatic carbocycles. The summed E-state index contributed by atoms with van der Waals surface area (Å²) in [5.41, 5.74) is 7.52. The van der Waals surface area contributed by atoms with Crippen LogP contribution in [0.2, 0.25) is 0 Å². The molecule has 0 atom stereocenters. The molecule has 0 saturated heterocycles.